The molecule has 0 aliphatic carbocycles. The maximum absolute atomic E-state index is 10.8. The van der Waals surface area contributed by atoms with Gasteiger partial charge in [-0.05, 0) is 6.07 Å². The van der Waals surface area contributed by atoms with Crippen LogP contribution in [-0.2, 0) is 4.79 Å². The van der Waals surface area contributed by atoms with Gasteiger partial charge in [-0.3, -0.25) is 4.79 Å². The predicted octanol–water partition coefficient (Wildman–Crippen LogP) is 1.88. The van der Waals surface area contributed by atoms with Crippen molar-refractivity contribution in [2.24, 2.45) is 4.99 Å². The second kappa shape index (κ2) is 3.44. The molecule has 5 heteroatoms. The number of nitrogens with zero attached hydrogens (tertiary/aromatic N) is 1. The lowest BCUT2D eigenvalue weighted by Gasteiger charge is -1.80. The SMILES string of the molecule is O=C=NC(=O)c1csc(Cl)c1. The van der Waals surface area contributed by atoms with E-state index in [4.69, 9.17) is 11.6 Å². The molecule has 0 N–H and O–H groups in total. The number of aliphatic imine (C=N–C) groups is 1. The molecular formula is C6H2ClNO2S. The minimum atomic E-state index is -0.608. The second-order valence-electron chi connectivity index (χ2n) is 1.65. The summed E-state index contributed by atoms with van der Waals surface area (Å²) < 4.78 is 0.495. The number of halogens is 1. The third-order valence-corrected chi connectivity index (χ3v) is 2.05. The summed E-state index contributed by atoms with van der Waals surface area (Å²) >= 11 is 6.74. The van der Waals surface area contributed by atoms with Gasteiger partial charge in [0.15, 0.2) is 0 Å². The Bertz CT molecular complexity index is 327. The summed E-state index contributed by atoms with van der Waals surface area (Å²) in [4.78, 5) is 23.3. The zero-order chi connectivity index (χ0) is 8.27. The summed E-state index contributed by atoms with van der Waals surface area (Å²) in [6.07, 6.45) is 1.16. The average Bonchev–Trinajstić information content (AvgIpc) is 2.36. The van der Waals surface area contributed by atoms with E-state index >= 15 is 0 Å². The van der Waals surface area contributed by atoms with E-state index < -0.39 is 5.91 Å². The highest BCUT2D eigenvalue weighted by Crippen LogP contribution is 2.20. The van der Waals surface area contributed by atoms with Gasteiger partial charge >= 0.3 is 0 Å². The van der Waals surface area contributed by atoms with Crippen LogP contribution in [0.2, 0.25) is 4.34 Å². The third-order valence-electron chi connectivity index (χ3n) is 0.962. The van der Waals surface area contributed by atoms with Crippen LogP contribution >= 0.6 is 22.9 Å². The van der Waals surface area contributed by atoms with Gasteiger partial charge in [0.1, 0.15) is 0 Å². The van der Waals surface area contributed by atoms with Gasteiger partial charge in [0.05, 0.1) is 9.90 Å². The molecule has 56 valence electrons. The lowest BCUT2D eigenvalue weighted by Crippen LogP contribution is -1.89. The first-order valence-corrected chi connectivity index (χ1v) is 3.86. The number of carbonyl (C=O) groups excluding carboxylic acids is 2. The normalized spacial score (nSPS) is 8.82. The number of isocyanates is 1. The van der Waals surface area contributed by atoms with Crippen molar-refractivity contribution in [3.05, 3.63) is 21.3 Å². The topological polar surface area (TPSA) is 46.5 Å². The number of hydrogen-bond acceptors (Lipinski definition) is 3. The molecule has 0 saturated heterocycles. The molecule has 1 heterocycles. The standard InChI is InChI=1S/C6H2ClNO2S/c7-5-1-4(2-11-5)6(10)8-3-9/h1-2H. The summed E-state index contributed by atoms with van der Waals surface area (Å²) in [5.41, 5.74) is 0.323. The molecule has 0 saturated carbocycles. The van der Waals surface area contributed by atoms with Crippen LogP contribution < -0.4 is 0 Å². The molecule has 1 aromatic heterocycles. The Hall–Kier alpha value is -0.960. The maximum Gasteiger partial charge on any atom is 0.288 e. The van der Waals surface area contributed by atoms with Crippen LogP contribution in [0.15, 0.2) is 16.4 Å². The number of amides is 1. The zero-order valence-electron chi connectivity index (χ0n) is 5.20. The number of rotatable bonds is 1. The molecule has 11 heavy (non-hydrogen) atoms. The van der Waals surface area contributed by atoms with Crippen LogP contribution in [-0.4, -0.2) is 12.0 Å². The summed E-state index contributed by atoms with van der Waals surface area (Å²) in [5, 5.41) is 1.53. The molecule has 0 atom stereocenters. The van der Waals surface area contributed by atoms with E-state index in [1.54, 1.807) is 0 Å². The van der Waals surface area contributed by atoms with Gasteiger partial charge < -0.3 is 0 Å². The zero-order valence-corrected chi connectivity index (χ0v) is 6.78. The van der Waals surface area contributed by atoms with Crippen LogP contribution in [0.4, 0.5) is 0 Å². The highest BCUT2D eigenvalue weighted by atomic mass is 35.5. The minimum Gasteiger partial charge on any atom is -0.266 e. The van der Waals surface area contributed by atoms with Crippen molar-refractivity contribution in [3.8, 4) is 0 Å². The Morgan fingerprint density at radius 1 is 1.73 bits per heavy atom. The van der Waals surface area contributed by atoms with E-state index in [0.29, 0.717) is 9.90 Å². The Morgan fingerprint density at radius 2 is 2.45 bits per heavy atom. The fourth-order valence-electron chi connectivity index (χ4n) is 0.528. The highest BCUT2D eigenvalue weighted by Gasteiger charge is 2.05. The maximum atomic E-state index is 10.8. The first kappa shape index (κ1) is 8.14. The largest absolute Gasteiger partial charge is 0.288 e. The number of carbonyl (C=O) groups is 1. The van der Waals surface area contributed by atoms with E-state index in [1.807, 2.05) is 0 Å². The van der Waals surface area contributed by atoms with Crippen molar-refractivity contribution < 1.29 is 9.59 Å². The van der Waals surface area contributed by atoms with Gasteiger partial charge in [-0.1, -0.05) is 11.6 Å². The van der Waals surface area contributed by atoms with Crippen molar-refractivity contribution in [1.29, 1.82) is 0 Å². The monoisotopic (exact) mass is 187 g/mol. The van der Waals surface area contributed by atoms with Crippen molar-refractivity contribution in [1.82, 2.24) is 0 Å². The Balaban J connectivity index is 2.93. The van der Waals surface area contributed by atoms with Gasteiger partial charge in [0.25, 0.3) is 5.91 Å². The van der Waals surface area contributed by atoms with Crippen molar-refractivity contribution in [2.45, 2.75) is 0 Å². The summed E-state index contributed by atoms with van der Waals surface area (Å²) in [6, 6.07) is 1.45. The number of hydrogen-bond donors (Lipinski definition) is 0. The first-order valence-electron chi connectivity index (χ1n) is 2.60. The van der Waals surface area contributed by atoms with Crippen LogP contribution in [0, 0.1) is 0 Å². The molecule has 0 aromatic carbocycles. The summed E-state index contributed by atoms with van der Waals surface area (Å²) in [6.45, 7) is 0. The molecule has 1 rings (SSSR count). The summed E-state index contributed by atoms with van der Waals surface area (Å²) in [7, 11) is 0. The fourth-order valence-corrected chi connectivity index (χ4v) is 1.38. The molecule has 3 nitrogen and oxygen atoms in total. The second-order valence-corrected chi connectivity index (χ2v) is 3.19. The highest BCUT2D eigenvalue weighted by molar-refractivity contribution is 7.14. The van der Waals surface area contributed by atoms with Crippen LogP contribution in [0.5, 0.6) is 0 Å². The van der Waals surface area contributed by atoms with Crippen molar-refractivity contribution >= 4 is 34.9 Å². The predicted molar refractivity (Wildman–Crippen MR) is 41.8 cm³/mol. The lowest BCUT2D eigenvalue weighted by molar-refractivity contribution is 0.100. The van der Waals surface area contributed by atoms with Gasteiger partial charge in [0.2, 0.25) is 6.08 Å². The fraction of sp³-hybridized carbons (Fsp3) is 0. The molecule has 1 amide bonds. The Kier molecular flexibility index (Phi) is 2.54. The van der Waals surface area contributed by atoms with Crippen LogP contribution in [0.1, 0.15) is 10.4 Å². The van der Waals surface area contributed by atoms with Crippen molar-refractivity contribution in [3.63, 3.8) is 0 Å². The van der Waals surface area contributed by atoms with Gasteiger partial charge in [-0.2, -0.15) is 0 Å². The minimum absolute atomic E-state index is 0.323. The molecular weight excluding hydrogens is 186 g/mol. The molecule has 0 aliphatic heterocycles. The first-order chi connectivity index (χ1) is 5.24. The third kappa shape index (κ3) is 1.98. The molecule has 0 aliphatic rings. The number of thiophene rings is 1. The quantitative estimate of drug-likeness (QED) is 0.498. The van der Waals surface area contributed by atoms with Gasteiger partial charge in [-0.25, -0.2) is 4.79 Å². The van der Waals surface area contributed by atoms with E-state index in [1.165, 1.54) is 22.8 Å². The molecule has 0 unspecified atom stereocenters. The molecule has 1 aromatic rings. The van der Waals surface area contributed by atoms with E-state index in [-0.39, 0.29) is 0 Å². The smallest absolute Gasteiger partial charge is 0.266 e. The molecule has 0 bridgehead atoms. The van der Waals surface area contributed by atoms with Gasteiger partial charge in [-0.15, -0.1) is 16.3 Å². The van der Waals surface area contributed by atoms with Crippen LogP contribution in [0.3, 0.4) is 0 Å². The van der Waals surface area contributed by atoms with E-state index in [9.17, 15) is 9.59 Å². The Labute approximate surface area is 71.3 Å². The molecule has 0 spiro atoms. The molecule has 0 fully saturated rings. The lowest BCUT2D eigenvalue weighted by atomic mass is 10.3. The summed E-state index contributed by atoms with van der Waals surface area (Å²) in [5.74, 6) is -0.608. The molecule has 0 radical (unpaired) electrons. The van der Waals surface area contributed by atoms with Crippen LogP contribution in [0.25, 0.3) is 0 Å². The van der Waals surface area contributed by atoms with E-state index in [2.05, 4.69) is 4.99 Å². The van der Waals surface area contributed by atoms with Gasteiger partial charge in [0, 0.05) is 5.38 Å². The van der Waals surface area contributed by atoms with Crippen molar-refractivity contribution in [2.75, 3.05) is 0 Å². The average molecular weight is 188 g/mol. The Morgan fingerprint density at radius 3 is 2.91 bits per heavy atom. The van der Waals surface area contributed by atoms with E-state index in [0.717, 1.165) is 6.08 Å².